The van der Waals surface area contributed by atoms with Crippen molar-refractivity contribution in [2.24, 2.45) is 5.84 Å². The molecule has 1 heterocycles. The molecule has 0 radical (unpaired) electrons. The average molecular weight is 277 g/mol. The van der Waals surface area contributed by atoms with E-state index in [2.05, 4.69) is 15.7 Å². The summed E-state index contributed by atoms with van der Waals surface area (Å²) in [5.41, 5.74) is 4.93. The Labute approximate surface area is 115 Å². The molecule has 5 nitrogen and oxygen atoms in total. The van der Waals surface area contributed by atoms with Gasteiger partial charge < -0.3 is 10.7 Å². The van der Waals surface area contributed by atoms with Crippen molar-refractivity contribution in [3.63, 3.8) is 0 Å². The Morgan fingerprint density at radius 3 is 2.84 bits per heavy atom. The molecular weight excluding hydrogens is 264 g/mol. The third-order valence-corrected chi connectivity index (χ3v) is 2.84. The minimum absolute atomic E-state index is 0.273. The number of hydrogen-bond acceptors (Lipinski definition) is 4. The minimum atomic E-state index is -0.317. The Kier molecular flexibility index (Phi) is 3.99. The number of benzene rings is 1. The van der Waals surface area contributed by atoms with E-state index in [1.54, 1.807) is 24.3 Å². The molecule has 0 unspecified atom stereocenters. The summed E-state index contributed by atoms with van der Waals surface area (Å²) in [6.07, 6.45) is 1.51. The van der Waals surface area contributed by atoms with Crippen LogP contribution in [0.1, 0.15) is 16.1 Å². The number of rotatable bonds is 3. The van der Waals surface area contributed by atoms with Gasteiger partial charge in [0.15, 0.2) is 0 Å². The molecule has 0 aliphatic rings. The molecule has 98 valence electrons. The first kappa shape index (κ1) is 13.3. The summed E-state index contributed by atoms with van der Waals surface area (Å²) >= 11 is 5.90. The number of nitrogens with one attached hydrogen (secondary N) is 2. The maximum Gasteiger partial charge on any atom is 0.274 e. The van der Waals surface area contributed by atoms with Gasteiger partial charge in [-0.3, -0.25) is 15.6 Å². The molecule has 0 fully saturated rings. The molecule has 0 atom stereocenters. The third kappa shape index (κ3) is 3.21. The summed E-state index contributed by atoms with van der Waals surface area (Å²) in [6.45, 7) is 1.89. The SMILES string of the molecule is Cc1ccc(Cl)cc1NC(=O)c1cc(NN)ccn1. The number of carbonyl (C=O) groups is 1. The molecule has 1 aromatic carbocycles. The van der Waals surface area contributed by atoms with E-state index in [9.17, 15) is 4.79 Å². The van der Waals surface area contributed by atoms with E-state index >= 15 is 0 Å². The van der Waals surface area contributed by atoms with E-state index in [1.807, 2.05) is 13.0 Å². The standard InChI is InChI=1S/C13H13ClN4O/c1-8-2-3-9(14)6-11(8)17-13(19)12-7-10(18-15)4-5-16-12/h2-7H,15H2,1H3,(H,16,18)(H,17,19). The lowest BCUT2D eigenvalue weighted by Crippen LogP contribution is -2.15. The topological polar surface area (TPSA) is 80.0 Å². The second-order valence-corrected chi connectivity index (χ2v) is 4.42. The molecule has 0 spiro atoms. The Bertz CT molecular complexity index is 615. The number of anilines is 2. The van der Waals surface area contributed by atoms with Crippen LogP contribution in [0.4, 0.5) is 11.4 Å². The van der Waals surface area contributed by atoms with Crippen LogP contribution in [0.3, 0.4) is 0 Å². The summed E-state index contributed by atoms with van der Waals surface area (Å²) in [4.78, 5) is 16.1. The van der Waals surface area contributed by atoms with Gasteiger partial charge in [-0.25, -0.2) is 0 Å². The van der Waals surface area contributed by atoms with E-state index in [4.69, 9.17) is 17.4 Å². The predicted octanol–water partition coefficient (Wildman–Crippen LogP) is 2.58. The van der Waals surface area contributed by atoms with Crippen LogP contribution in [0.2, 0.25) is 5.02 Å². The Hall–Kier alpha value is -2.11. The fourth-order valence-corrected chi connectivity index (χ4v) is 1.73. The van der Waals surface area contributed by atoms with Crippen LogP contribution in [-0.2, 0) is 0 Å². The van der Waals surface area contributed by atoms with Gasteiger partial charge in [-0.05, 0) is 36.8 Å². The molecule has 0 aliphatic heterocycles. The molecule has 4 N–H and O–H groups in total. The molecule has 0 bridgehead atoms. The molecular formula is C13H13ClN4O. The molecule has 2 rings (SSSR count). The number of pyridine rings is 1. The van der Waals surface area contributed by atoms with Crippen molar-refractivity contribution in [3.05, 3.63) is 52.8 Å². The summed E-state index contributed by atoms with van der Waals surface area (Å²) in [6, 6.07) is 8.53. The highest BCUT2D eigenvalue weighted by Gasteiger charge is 2.10. The van der Waals surface area contributed by atoms with Gasteiger partial charge in [-0.2, -0.15) is 0 Å². The second-order valence-electron chi connectivity index (χ2n) is 3.99. The second kappa shape index (κ2) is 5.69. The van der Waals surface area contributed by atoms with Gasteiger partial charge in [-0.1, -0.05) is 17.7 Å². The molecule has 1 amide bonds. The van der Waals surface area contributed by atoms with Crippen molar-refractivity contribution in [2.75, 3.05) is 10.7 Å². The number of nitrogens with zero attached hydrogens (tertiary/aromatic N) is 1. The van der Waals surface area contributed by atoms with Gasteiger partial charge in [0.2, 0.25) is 0 Å². The Morgan fingerprint density at radius 2 is 2.11 bits per heavy atom. The number of nitrogens with two attached hydrogens (primary N) is 1. The highest BCUT2D eigenvalue weighted by Crippen LogP contribution is 2.20. The largest absolute Gasteiger partial charge is 0.324 e. The molecule has 2 aromatic rings. The van der Waals surface area contributed by atoms with Crippen LogP contribution in [0.25, 0.3) is 0 Å². The van der Waals surface area contributed by atoms with E-state index in [0.29, 0.717) is 16.4 Å². The zero-order chi connectivity index (χ0) is 13.8. The molecule has 0 saturated heterocycles. The Balaban J connectivity index is 2.22. The molecule has 0 aliphatic carbocycles. The molecule has 19 heavy (non-hydrogen) atoms. The minimum Gasteiger partial charge on any atom is -0.324 e. The van der Waals surface area contributed by atoms with Crippen molar-refractivity contribution in [1.29, 1.82) is 0 Å². The lowest BCUT2D eigenvalue weighted by atomic mass is 10.2. The number of hydrazine groups is 1. The maximum atomic E-state index is 12.1. The van der Waals surface area contributed by atoms with E-state index < -0.39 is 0 Å². The fourth-order valence-electron chi connectivity index (χ4n) is 1.56. The van der Waals surface area contributed by atoms with Gasteiger partial charge in [-0.15, -0.1) is 0 Å². The van der Waals surface area contributed by atoms with Crippen LogP contribution in [0.5, 0.6) is 0 Å². The quantitative estimate of drug-likeness (QED) is 0.595. The van der Waals surface area contributed by atoms with E-state index in [-0.39, 0.29) is 11.6 Å². The average Bonchev–Trinajstić information content (AvgIpc) is 2.43. The van der Waals surface area contributed by atoms with Crippen LogP contribution in [-0.4, -0.2) is 10.9 Å². The van der Waals surface area contributed by atoms with Crippen molar-refractivity contribution in [1.82, 2.24) is 4.98 Å². The maximum absolute atomic E-state index is 12.1. The monoisotopic (exact) mass is 276 g/mol. The smallest absolute Gasteiger partial charge is 0.274 e. The van der Waals surface area contributed by atoms with Crippen molar-refractivity contribution in [3.8, 4) is 0 Å². The third-order valence-electron chi connectivity index (χ3n) is 2.61. The van der Waals surface area contributed by atoms with E-state index in [0.717, 1.165) is 5.56 Å². The summed E-state index contributed by atoms with van der Waals surface area (Å²) in [5, 5.41) is 3.33. The van der Waals surface area contributed by atoms with Gasteiger partial charge in [0.1, 0.15) is 5.69 Å². The number of halogens is 1. The number of aryl methyl sites for hydroxylation is 1. The zero-order valence-corrected chi connectivity index (χ0v) is 11.0. The van der Waals surface area contributed by atoms with Gasteiger partial charge in [0.05, 0.1) is 5.69 Å². The van der Waals surface area contributed by atoms with Crippen molar-refractivity contribution < 1.29 is 4.79 Å². The number of aromatic nitrogens is 1. The lowest BCUT2D eigenvalue weighted by Gasteiger charge is -2.09. The first-order chi connectivity index (χ1) is 9.10. The number of carbonyl (C=O) groups excluding carboxylic acids is 1. The van der Waals surface area contributed by atoms with Crippen molar-refractivity contribution >= 4 is 28.9 Å². The van der Waals surface area contributed by atoms with Crippen LogP contribution < -0.4 is 16.6 Å². The highest BCUT2D eigenvalue weighted by molar-refractivity contribution is 6.31. The lowest BCUT2D eigenvalue weighted by molar-refractivity contribution is 0.102. The van der Waals surface area contributed by atoms with Gasteiger partial charge >= 0.3 is 0 Å². The summed E-state index contributed by atoms with van der Waals surface area (Å²) in [7, 11) is 0. The zero-order valence-electron chi connectivity index (χ0n) is 10.3. The number of hydrogen-bond donors (Lipinski definition) is 3. The van der Waals surface area contributed by atoms with Gasteiger partial charge in [0, 0.05) is 16.9 Å². The predicted molar refractivity (Wildman–Crippen MR) is 76.2 cm³/mol. The van der Waals surface area contributed by atoms with Gasteiger partial charge in [0.25, 0.3) is 5.91 Å². The van der Waals surface area contributed by atoms with Crippen LogP contribution in [0, 0.1) is 6.92 Å². The fraction of sp³-hybridized carbons (Fsp3) is 0.0769. The van der Waals surface area contributed by atoms with E-state index in [1.165, 1.54) is 6.20 Å². The normalized spacial score (nSPS) is 10.1. The Morgan fingerprint density at radius 1 is 1.32 bits per heavy atom. The van der Waals surface area contributed by atoms with Crippen LogP contribution in [0.15, 0.2) is 36.5 Å². The van der Waals surface area contributed by atoms with Crippen molar-refractivity contribution in [2.45, 2.75) is 6.92 Å². The molecule has 0 saturated carbocycles. The summed E-state index contributed by atoms with van der Waals surface area (Å²) in [5.74, 6) is 4.97. The number of nitrogen functional groups attached to an aromatic ring is 1. The molecule has 6 heteroatoms. The molecule has 1 aromatic heterocycles. The highest BCUT2D eigenvalue weighted by atomic mass is 35.5. The first-order valence-corrected chi connectivity index (χ1v) is 5.98. The summed E-state index contributed by atoms with van der Waals surface area (Å²) < 4.78 is 0. The van der Waals surface area contributed by atoms with Crippen LogP contribution >= 0.6 is 11.6 Å². The number of amides is 1. The first-order valence-electron chi connectivity index (χ1n) is 5.60.